The minimum Gasteiger partial charge on any atom is -0.310 e. The quantitative estimate of drug-likeness (QED) is 0.113. The highest BCUT2D eigenvalue weighted by Gasteiger charge is 2.48. The van der Waals surface area contributed by atoms with Crippen molar-refractivity contribution in [2.75, 3.05) is 9.80 Å². The van der Waals surface area contributed by atoms with E-state index >= 15 is 0 Å². The van der Waals surface area contributed by atoms with Crippen LogP contribution in [-0.4, -0.2) is 0 Å². The second kappa shape index (κ2) is 22.4. The van der Waals surface area contributed by atoms with Crippen LogP contribution in [0.4, 0.5) is 34.1 Å². The van der Waals surface area contributed by atoms with Crippen LogP contribution in [0.3, 0.4) is 0 Å². The van der Waals surface area contributed by atoms with Crippen LogP contribution in [0.2, 0.25) is 0 Å². The van der Waals surface area contributed by atoms with E-state index in [9.17, 15) is 0 Å². The summed E-state index contributed by atoms with van der Waals surface area (Å²) < 4.78 is 0. The Morgan fingerprint density at radius 3 is 0.691 bits per heavy atom. The van der Waals surface area contributed by atoms with Gasteiger partial charge in [0.2, 0.25) is 0 Å². The van der Waals surface area contributed by atoms with Crippen molar-refractivity contribution < 1.29 is 0 Å². The first-order chi connectivity index (χ1) is 46.6. The minimum atomic E-state index is -0.660. The van der Waals surface area contributed by atoms with E-state index in [1.165, 1.54) is 110 Å². The third-order valence-corrected chi connectivity index (χ3v) is 20.1. The maximum atomic E-state index is 2.48. The van der Waals surface area contributed by atoms with Crippen molar-refractivity contribution in [3.05, 3.63) is 420 Å². The summed E-state index contributed by atoms with van der Waals surface area (Å²) in [4.78, 5) is 4.89. The van der Waals surface area contributed by atoms with E-state index in [-0.39, 0.29) is 0 Å². The van der Waals surface area contributed by atoms with Crippen LogP contribution in [-0.2, 0) is 10.8 Å². The normalized spacial score (nSPS) is 13.2. The molecule has 0 aliphatic heterocycles. The molecule has 0 radical (unpaired) electrons. The predicted molar refractivity (Wildman–Crippen MR) is 396 cm³/mol. The Morgan fingerprint density at radius 1 is 0.181 bits per heavy atom. The molecule has 0 bridgehead atoms. The number of nitrogens with zero attached hydrogens (tertiary/aromatic N) is 2. The summed E-state index contributed by atoms with van der Waals surface area (Å²) in [5, 5.41) is 9.66. The molecule has 2 aliphatic rings. The zero-order chi connectivity index (χ0) is 62.2. The van der Waals surface area contributed by atoms with Gasteiger partial charge in [0.25, 0.3) is 0 Å². The van der Waals surface area contributed by atoms with Crippen molar-refractivity contribution in [1.29, 1.82) is 0 Å². The Balaban J connectivity index is 0.786. The molecule has 18 rings (SSSR count). The molecular formula is C92H62N2. The van der Waals surface area contributed by atoms with Gasteiger partial charge in [-0.1, -0.05) is 291 Å². The molecule has 94 heavy (non-hydrogen) atoms. The highest BCUT2D eigenvalue weighted by atomic mass is 15.1. The average Bonchev–Trinajstić information content (AvgIpc) is 1.58. The Bertz CT molecular complexity index is 5050. The van der Waals surface area contributed by atoms with Gasteiger partial charge in [0.1, 0.15) is 0 Å². The number of benzene rings is 16. The largest absolute Gasteiger partial charge is 0.310 e. The Morgan fingerprint density at radius 2 is 0.404 bits per heavy atom. The van der Waals surface area contributed by atoms with Gasteiger partial charge in [-0.3, -0.25) is 0 Å². The maximum Gasteiger partial charge on any atom is 0.0714 e. The molecule has 2 nitrogen and oxygen atoms in total. The lowest BCUT2D eigenvalue weighted by atomic mass is 9.67. The maximum absolute atomic E-state index is 2.48. The van der Waals surface area contributed by atoms with Gasteiger partial charge in [-0.15, -0.1) is 0 Å². The fraction of sp³-hybridized carbons (Fsp3) is 0.0217. The van der Waals surface area contributed by atoms with Crippen molar-refractivity contribution in [3.63, 3.8) is 0 Å². The monoisotopic (exact) mass is 1190 g/mol. The number of anilines is 6. The third kappa shape index (κ3) is 8.86. The summed E-state index contributed by atoms with van der Waals surface area (Å²) in [6, 6.07) is 136. The molecule has 0 spiro atoms. The van der Waals surface area contributed by atoms with Crippen molar-refractivity contribution in [2.45, 2.75) is 10.8 Å². The standard InChI is InChI=1S/C92H62N2/c1-5-29-73(30-6-1)91(74-31-7-2-8-32-74)87-55-63(39-51-83(87)85-53-49-81(61-89(85)91)93(77-45-41-65-21-13-17-25-69(65)57-77)78-46-42-66-22-14-18-26-70(66)58-78)37-38-64-40-52-84-86-54-50-82(62-90(86)92(88(84)56-64,75-33-9-3-10-34-75)76-35-11-4-12-36-76)94(79-47-43-67-23-15-19-27-71(67)59-79)80-48-44-68-24-16-20-28-72(68)60-80/h1-62H. The highest BCUT2D eigenvalue weighted by molar-refractivity contribution is 5.98. The summed E-state index contributed by atoms with van der Waals surface area (Å²) in [6.07, 6.45) is 4.66. The van der Waals surface area contributed by atoms with Crippen LogP contribution in [0.5, 0.6) is 0 Å². The molecule has 0 heterocycles. The topological polar surface area (TPSA) is 6.48 Å². The van der Waals surface area contributed by atoms with E-state index in [2.05, 4.69) is 386 Å². The molecule has 0 unspecified atom stereocenters. The number of hydrogen-bond donors (Lipinski definition) is 0. The Labute approximate surface area is 548 Å². The van der Waals surface area contributed by atoms with Gasteiger partial charge in [0, 0.05) is 34.1 Å². The average molecular weight is 1200 g/mol. The molecular weight excluding hydrogens is 1130 g/mol. The van der Waals surface area contributed by atoms with Crippen LogP contribution in [0, 0.1) is 0 Å². The molecule has 16 aromatic carbocycles. The zero-order valence-corrected chi connectivity index (χ0v) is 51.7. The van der Waals surface area contributed by atoms with Crippen molar-refractivity contribution in [3.8, 4) is 22.3 Å². The highest BCUT2D eigenvalue weighted by Crippen LogP contribution is 2.60. The van der Waals surface area contributed by atoms with Crippen LogP contribution in [0.1, 0.15) is 55.6 Å². The van der Waals surface area contributed by atoms with Gasteiger partial charge in [-0.25, -0.2) is 0 Å². The van der Waals surface area contributed by atoms with Crippen molar-refractivity contribution in [1.82, 2.24) is 0 Å². The van der Waals surface area contributed by atoms with Crippen LogP contribution in [0.15, 0.2) is 364 Å². The first-order valence-electron chi connectivity index (χ1n) is 32.6. The van der Waals surface area contributed by atoms with Crippen LogP contribution >= 0.6 is 0 Å². The summed E-state index contributed by atoms with van der Waals surface area (Å²) >= 11 is 0. The van der Waals surface area contributed by atoms with Crippen molar-refractivity contribution >= 4 is 89.4 Å². The summed E-state index contributed by atoms with van der Waals surface area (Å²) in [5.41, 5.74) is 22.4. The van der Waals surface area contributed by atoms with E-state index in [0.29, 0.717) is 0 Å². The third-order valence-electron chi connectivity index (χ3n) is 20.1. The molecule has 0 N–H and O–H groups in total. The molecule has 2 heteroatoms. The molecule has 0 amide bonds. The van der Waals surface area contributed by atoms with Gasteiger partial charge >= 0.3 is 0 Å². The van der Waals surface area contributed by atoms with E-state index in [1.807, 2.05) is 0 Å². The van der Waals surface area contributed by atoms with Crippen LogP contribution in [0.25, 0.3) is 77.5 Å². The first-order valence-corrected chi connectivity index (χ1v) is 32.6. The molecule has 2 aliphatic carbocycles. The Kier molecular flexibility index (Phi) is 13.0. The molecule has 0 fully saturated rings. The minimum absolute atomic E-state index is 0.660. The Hall–Kier alpha value is -12.1. The summed E-state index contributed by atoms with van der Waals surface area (Å²) in [6.45, 7) is 0. The first kappa shape index (κ1) is 54.8. The predicted octanol–water partition coefficient (Wildman–Crippen LogP) is 24.1. The molecule has 0 saturated heterocycles. The lowest BCUT2D eigenvalue weighted by Crippen LogP contribution is -2.29. The van der Waals surface area contributed by atoms with Gasteiger partial charge in [-0.05, 0) is 206 Å². The SMILES string of the molecule is C(=Cc1ccc2c(c1)C(c1ccccc1)(c1ccccc1)c1cc(N(c3ccc4ccccc4c3)c3ccc4ccccc4c3)ccc1-2)c1ccc2c(c1)C(c1ccccc1)(c1ccccc1)c1cc(N(c3ccc4ccccc4c3)c3ccc4ccccc4c3)ccc1-2. The lowest BCUT2D eigenvalue weighted by molar-refractivity contribution is 0.768. The van der Waals surface area contributed by atoms with E-state index in [0.717, 1.165) is 45.3 Å². The molecule has 440 valence electrons. The molecule has 0 aromatic heterocycles. The lowest BCUT2D eigenvalue weighted by Gasteiger charge is -2.35. The van der Waals surface area contributed by atoms with E-state index in [1.54, 1.807) is 0 Å². The zero-order valence-electron chi connectivity index (χ0n) is 51.7. The molecule has 16 aromatic rings. The van der Waals surface area contributed by atoms with Gasteiger partial charge < -0.3 is 9.80 Å². The number of rotatable bonds is 12. The van der Waals surface area contributed by atoms with Gasteiger partial charge in [0.05, 0.1) is 10.8 Å². The van der Waals surface area contributed by atoms with E-state index in [4.69, 9.17) is 0 Å². The second-order valence-corrected chi connectivity index (χ2v) is 25.2. The van der Waals surface area contributed by atoms with Crippen molar-refractivity contribution in [2.24, 2.45) is 0 Å². The second-order valence-electron chi connectivity index (χ2n) is 25.2. The molecule has 0 saturated carbocycles. The van der Waals surface area contributed by atoms with Gasteiger partial charge in [-0.2, -0.15) is 0 Å². The fourth-order valence-electron chi connectivity index (χ4n) is 15.8. The number of fused-ring (bicyclic) bond motifs is 10. The van der Waals surface area contributed by atoms with Gasteiger partial charge in [0.15, 0.2) is 0 Å². The van der Waals surface area contributed by atoms with E-state index < -0.39 is 10.8 Å². The summed E-state index contributed by atoms with van der Waals surface area (Å²) in [5.74, 6) is 0. The fourth-order valence-corrected chi connectivity index (χ4v) is 15.8. The van der Waals surface area contributed by atoms with Crippen LogP contribution < -0.4 is 9.80 Å². The number of hydrogen-bond acceptors (Lipinski definition) is 2. The smallest absolute Gasteiger partial charge is 0.0714 e. The molecule has 0 atom stereocenters. The summed E-state index contributed by atoms with van der Waals surface area (Å²) in [7, 11) is 0.